The number of rotatable bonds is 4. The van der Waals surface area contributed by atoms with Crippen LogP contribution in [0.1, 0.15) is 18.4 Å². The van der Waals surface area contributed by atoms with Gasteiger partial charge in [0.05, 0.1) is 11.5 Å². The first kappa shape index (κ1) is 14.3. The number of aliphatic hydroxyl groups is 1. The van der Waals surface area contributed by atoms with Crippen molar-refractivity contribution in [2.75, 3.05) is 0 Å². The van der Waals surface area contributed by atoms with Gasteiger partial charge in [-0.2, -0.15) is 17.9 Å². The number of hydrogen-bond acceptors (Lipinski definition) is 3. The normalized spacial score (nSPS) is 18.3. The first-order valence-corrected chi connectivity index (χ1v) is 7.00. The van der Waals surface area contributed by atoms with Crippen LogP contribution in [0.2, 0.25) is 0 Å². The minimum atomic E-state index is -4.62. The topological polar surface area (TPSA) is 66.4 Å². The molecule has 0 saturated heterocycles. The van der Waals surface area contributed by atoms with Crippen molar-refractivity contribution in [3.8, 4) is 0 Å². The Bertz CT molecular complexity index is 579. The van der Waals surface area contributed by atoms with Crippen LogP contribution in [-0.2, 0) is 16.6 Å². The third kappa shape index (κ3) is 2.60. The van der Waals surface area contributed by atoms with E-state index in [1.165, 1.54) is 24.3 Å². The molecule has 106 valence electrons. The SMILES string of the molecule is O=S(=O)(NC1(C(F)(F)F)CC1)c1ccccc1CO. The van der Waals surface area contributed by atoms with Gasteiger partial charge >= 0.3 is 6.18 Å². The van der Waals surface area contributed by atoms with E-state index in [9.17, 15) is 21.6 Å². The van der Waals surface area contributed by atoms with E-state index in [1.807, 2.05) is 0 Å². The highest BCUT2D eigenvalue weighted by molar-refractivity contribution is 7.89. The zero-order chi connectivity index (χ0) is 14.3. The lowest BCUT2D eigenvalue weighted by Crippen LogP contribution is -2.47. The summed E-state index contributed by atoms with van der Waals surface area (Å²) in [5.74, 6) is 0. The zero-order valence-electron chi connectivity index (χ0n) is 9.74. The van der Waals surface area contributed by atoms with Crippen LogP contribution in [0, 0.1) is 0 Å². The minimum absolute atomic E-state index is 0.0629. The molecule has 1 aliphatic carbocycles. The monoisotopic (exact) mass is 295 g/mol. The molecule has 0 bridgehead atoms. The largest absolute Gasteiger partial charge is 0.407 e. The summed E-state index contributed by atoms with van der Waals surface area (Å²) < 4.78 is 63.9. The smallest absolute Gasteiger partial charge is 0.392 e. The van der Waals surface area contributed by atoms with Gasteiger partial charge in [-0.05, 0) is 24.5 Å². The van der Waals surface area contributed by atoms with E-state index in [-0.39, 0.29) is 23.3 Å². The summed E-state index contributed by atoms with van der Waals surface area (Å²) in [5.41, 5.74) is -2.29. The molecule has 1 aliphatic rings. The lowest BCUT2D eigenvalue weighted by Gasteiger charge is -2.21. The molecule has 0 heterocycles. The fourth-order valence-corrected chi connectivity index (χ4v) is 3.46. The Morgan fingerprint density at radius 1 is 1.26 bits per heavy atom. The van der Waals surface area contributed by atoms with Crippen LogP contribution in [0.3, 0.4) is 0 Å². The molecule has 0 unspecified atom stereocenters. The Balaban J connectivity index is 2.34. The molecule has 0 radical (unpaired) electrons. The standard InChI is InChI=1S/C11H12F3NO3S/c12-11(13,14)10(5-6-10)15-19(17,18)9-4-2-1-3-8(9)7-16/h1-4,15-16H,5-7H2. The molecule has 1 aromatic rings. The predicted octanol–water partition coefficient (Wildman–Crippen LogP) is 1.55. The summed E-state index contributed by atoms with van der Waals surface area (Å²) in [7, 11) is -4.31. The maximum atomic E-state index is 12.7. The second kappa shape index (κ2) is 4.46. The van der Waals surface area contributed by atoms with Crippen molar-refractivity contribution >= 4 is 10.0 Å². The number of benzene rings is 1. The van der Waals surface area contributed by atoms with Crippen LogP contribution in [0.15, 0.2) is 29.2 Å². The van der Waals surface area contributed by atoms with Crippen LogP contribution in [0.25, 0.3) is 0 Å². The first-order valence-electron chi connectivity index (χ1n) is 5.51. The van der Waals surface area contributed by atoms with Gasteiger partial charge in [0.2, 0.25) is 10.0 Å². The number of sulfonamides is 1. The van der Waals surface area contributed by atoms with Gasteiger partial charge in [0, 0.05) is 0 Å². The van der Waals surface area contributed by atoms with Crippen LogP contribution in [-0.4, -0.2) is 25.2 Å². The molecule has 0 amide bonds. The molecule has 0 aliphatic heterocycles. The number of nitrogens with one attached hydrogen (secondary N) is 1. The highest BCUT2D eigenvalue weighted by atomic mass is 32.2. The van der Waals surface area contributed by atoms with E-state index in [4.69, 9.17) is 5.11 Å². The molecular weight excluding hydrogens is 283 g/mol. The molecule has 19 heavy (non-hydrogen) atoms. The second-order valence-electron chi connectivity index (χ2n) is 4.45. The average Bonchev–Trinajstić information content (AvgIpc) is 3.08. The minimum Gasteiger partial charge on any atom is -0.392 e. The third-order valence-corrected chi connectivity index (χ3v) is 4.69. The molecule has 8 heteroatoms. The van der Waals surface area contributed by atoms with Gasteiger partial charge in [0.25, 0.3) is 0 Å². The van der Waals surface area contributed by atoms with Crippen molar-refractivity contribution in [3.05, 3.63) is 29.8 Å². The Morgan fingerprint density at radius 3 is 2.32 bits per heavy atom. The number of aliphatic hydroxyl groups excluding tert-OH is 1. The van der Waals surface area contributed by atoms with Gasteiger partial charge in [-0.3, -0.25) is 0 Å². The summed E-state index contributed by atoms with van der Waals surface area (Å²) in [6.45, 7) is -0.559. The van der Waals surface area contributed by atoms with Gasteiger partial charge in [-0.25, -0.2) is 8.42 Å². The molecular formula is C11H12F3NO3S. The van der Waals surface area contributed by atoms with Crippen molar-refractivity contribution in [2.45, 2.75) is 36.1 Å². The van der Waals surface area contributed by atoms with Gasteiger partial charge in [0.15, 0.2) is 0 Å². The Labute approximate surface area is 108 Å². The molecule has 1 saturated carbocycles. The maximum absolute atomic E-state index is 12.7. The van der Waals surface area contributed by atoms with Crippen LogP contribution < -0.4 is 4.72 Å². The van der Waals surface area contributed by atoms with Gasteiger partial charge in [-0.1, -0.05) is 18.2 Å². The van der Waals surface area contributed by atoms with Crippen molar-refractivity contribution in [1.82, 2.24) is 4.72 Å². The van der Waals surface area contributed by atoms with E-state index in [0.717, 1.165) is 0 Å². The van der Waals surface area contributed by atoms with Crippen molar-refractivity contribution in [1.29, 1.82) is 0 Å². The van der Waals surface area contributed by atoms with E-state index in [2.05, 4.69) is 0 Å². The lowest BCUT2D eigenvalue weighted by molar-refractivity contribution is -0.160. The summed E-state index contributed by atoms with van der Waals surface area (Å²) in [5, 5.41) is 9.04. The summed E-state index contributed by atoms with van der Waals surface area (Å²) >= 11 is 0. The summed E-state index contributed by atoms with van der Waals surface area (Å²) in [4.78, 5) is -0.326. The summed E-state index contributed by atoms with van der Waals surface area (Å²) in [6, 6.07) is 5.41. The molecule has 2 N–H and O–H groups in total. The highest BCUT2D eigenvalue weighted by Crippen LogP contribution is 2.49. The quantitative estimate of drug-likeness (QED) is 0.885. The second-order valence-corrected chi connectivity index (χ2v) is 6.10. The number of halogens is 3. The average molecular weight is 295 g/mol. The van der Waals surface area contributed by atoms with Gasteiger partial charge < -0.3 is 5.11 Å². The fraction of sp³-hybridized carbons (Fsp3) is 0.455. The zero-order valence-corrected chi connectivity index (χ0v) is 10.6. The van der Waals surface area contributed by atoms with E-state index < -0.39 is 28.3 Å². The first-order chi connectivity index (χ1) is 8.72. The Morgan fingerprint density at radius 2 is 1.84 bits per heavy atom. The molecule has 0 spiro atoms. The van der Waals surface area contributed by atoms with Crippen molar-refractivity contribution in [3.63, 3.8) is 0 Å². The molecule has 0 aromatic heterocycles. The number of hydrogen-bond donors (Lipinski definition) is 2. The number of alkyl halides is 3. The summed E-state index contributed by atoms with van der Waals surface area (Å²) in [6.07, 6.45) is -5.15. The molecule has 1 aromatic carbocycles. The van der Waals surface area contributed by atoms with Crippen LogP contribution >= 0.6 is 0 Å². The Kier molecular flexibility index (Phi) is 3.36. The molecule has 0 atom stereocenters. The Hall–Kier alpha value is -1.12. The van der Waals surface area contributed by atoms with Crippen molar-refractivity contribution in [2.24, 2.45) is 0 Å². The fourth-order valence-electron chi connectivity index (χ4n) is 1.78. The van der Waals surface area contributed by atoms with E-state index in [1.54, 1.807) is 4.72 Å². The lowest BCUT2D eigenvalue weighted by atomic mass is 10.2. The maximum Gasteiger partial charge on any atom is 0.407 e. The van der Waals surface area contributed by atoms with Gasteiger partial charge in [0.1, 0.15) is 5.54 Å². The van der Waals surface area contributed by atoms with Gasteiger partial charge in [-0.15, -0.1) is 0 Å². The molecule has 2 rings (SSSR count). The van der Waals surface area contributed by atoms with E-state index >= 15 is 0 Å². The molecule has 4 nitrogen and oxygen atoms in total. The van der Waals surface area contributed by atoms with Crippen molar-refractivity contribution < 1.29 is 26.7 Å². The third-order valence-electron chi connectivity index (χ3n) is 3.05. The predicted molar refractivity (Wildman–Crippen MR) is 60.7 cm³/mol. The molecule has 1 fully saturated rings. The van der Waals surface area contributed by atoms with E-state index in [0.29, 0.717) is 0 Å². The van der Waals surface area contributed by atoms with Crippen LogP contribution in [0.5, 0.6) is 0 Å². The van der Waals surface area contributed by atoms with Crippen LogP contribution in [0.4, 0.5) is 13.2 Å². The highest BCUT2D eigenvalue weighted by Gasteiger charge is 2.65.